The molecule has 1 aliphatic rings. The molecule has 2 aromatic heterocycles. The van der Waals surface area contributed by atoms with Gasteiger partial charge in [-0.05, 0) is 42.2 Å². The van der Waals surface area contributed by atoms with Crippen LogP contribution < -0.4 is 10.2 Å². The smallest absolute Gasteiger partial charge is 0.352 e. The van der Waals surface area contributed by atoms with E-state index in [1.807, 2.05) is 18.2 Å². The number of hydrogen-bond donors (Lipinski definition) is 2. The van der Waals surface area contributed by atoms with Gasteiger partial charge >= 0.3 is 12.2 Å². The molecular formula is C23H27F3N6O. The molecule has 2 N–H and O–H groups in total. The largest absolute Gasteiger partial charge is 0.419 e. The molecule has 0 aliphatic carbocycles. The van der Waals surface area contributed by atoms with E-state index in [4.69, 9.17) is 0 Å². The SMILES string of the molecule is CC1CN(c2ncccc2C(F)(F)F)CCN1C(=O)Nc1nc2ccc(C(C)(C)C)cc2[nH]1. The van der Waals surface area contributed by atoms with Gasteiger partial charge in [0.25, 0.3) is 0 Å². The first-order valence-corrected chi connectivity index (χ1v) is 10.8. The summed E-state index contributed by atoms with van der Waals surface area (Å²) in [5.41, 5.74) is 1.93. The fourth-order valence-electron chi connectivity index (χ4n) is 4.03. The lowest BCUT2D eigenvalue weighted by Crippen LogP contribution is -2.55. The summed E-state index contributed by atoms with van der Waals surface area (Å²) >= 11 is 0. The maximum Gasteiger partial charge on any atom is 0.419 e. The first-order valence-electron chi connectivity index (χ1n) is 10.8. The van der Waals surface area contributed by atoms with Crippen molar-refractivity contribution < 1.29 is 18.0 Å². The molecule has 176 valence electrons. The molecule has 0 spiro atoms. The van der Waals surface area contributed by atoms with Crippen molar-refractivity contribution in [1.29, 1.82) is 0 Å². The first kappa shape index (κ1) is 22.9. The Labute approximate surface area is 190 Å². The van der Waals surface area contributed by atoms with Crippen LogP contribution in [0.5, 0.6) is 0 Å². The summed E-state index contributed by atoms with van der Waals surface area (Å²) in [5, 5.41) is 2.79. The second kappa shape index (κ2) is 8.24. The van der Waals surface area contributed by atoms with Crippen molar-refractivity contribution in [1.82, 2.24) is 19.9 Å². The quantitative estimate of drug-likeness (QED) is 0.563. The van der Waals surface area contributed by atoms with Crippen LogP contribution in [0.15, 0.2) is 36.5 Å². The van der Waals surface area contributed by atoms with Crippen LogP contribution in [0.2, 0.25) is 0 Å². The lowest BCUT2D eigenvalue weighted by atomic mass is 9.87. The average Bonchev–Trinajstić information content (AvgIpc) is 3.13. The van der Waals surface area contributed by atoms with E-state index in [9.17, 15) is 18.0 Å². The summed E-state index contributed by atoms with van der Waals surface area (Å²) in [5.74, 6) is 0.226. The van der Waals surface area contributed by atoms with Crippen LogP contribution in [0.4, 0.5) is 29.7 Å². The molecule has 1 aliphatic heterocycles. The maximum atomic E-state index is 13.4. The highest BCUT2D eigenvalue weighted by molar-refractivity contribution is 5.90. The van der Waals surface area contributed by atoms with E-state index < -0.39 is 11.7 Å². The molecule has 7 nitrogen and oxygen atoms in total. The highest BCUT2D eigenvalue weighted by Gasteiger charge is 2.37. The number of rotatable bonds is 2. The molecule has 1 aromatic carbocycles. The zero-order valence-electron chi connectivity index (χ0n) is 19.0. The summed E-state index contributed by atoms with van der Waals surface area (Å²) in [7, 11) is 0. The molecule has 3 aromatic rings. The highest BCUT2D eigenvalue weighted by Crippen LogP contribution is 2.35. The number of anilines is 2. The number of nitrogens with zero attached hydrogens (tertiary/aromatic N) is 4. The van der Waals surface area contributed by atoms with Crippen molar-refractivity contribution in [3.05, 3.63) is 47.7 Å². The van der Waals surface area contributed by atoms with Gasteiger partial charge in [0.05, 0.1) is 16.6 Å². The van der Waals surface area contributed by atoms with Gasteiger partial charge in [0.1, 0.15) is 5.82 Å². The number of carbonyl (C=O) groups is 1. The Balaban J connectivity index is 1.46. The van der Waals surface area contributed by atoms with Gasteiger partial charge in [0.2, 0.25) is 5.95 Å². The van der Waals surface area contributed by atoms with E-state index >= 15 is 0 Å². The molecule has 0 bridgehead atoms. The Morgan fingerprint density at radius 2 is 1.94 bits per heavy atom. The van der Waals surface area contributed by atoms with Gasteiger partial charge in [-0.15, -0.1) is 0 Å². The number of H-pyrrole nitrogens is 1. The predicted octanol–water partition coefficient (Wildman–Crippen LogP) is 5.02. The molecule has 3 heterocycles. The van der Waals surface area contributed by atoms with Crippen molar-refractivity contribution in [2.24, 2.45) is 0 Å². The van der Waals surface area contributed by atoms with Gasteiger partial charge in [-0.2, -0.15) is 13.2 Å². The number of aromatic nitrogens is 3. The van der Waals surface area contributed by atoms with Crippen LogP contribution in [-0.2, 0) is 11.6 Å². The summed E-state index contributed by atoms with van der Waals surface area (Å²) in [6, 6.07) is 7.57. The molecule has 33 heavy (non-hydrogen) atoms. The molecule has 10 heteroatoms. The van der Waals surface area contributed by atoms with Crippen molar-refractivity contribution in [3.63, 3.8) is 0 Å². The molecule has 0 saturated carbocycles. The van der Waals surface area contributed by atoms with E-state index in [1.165, 1.54) is 12.3 Å². The number of imidazole rings is 1. The zero-order valence-corrected chi connectivity index (χ0v) is 19.0. The zero-order chi connectivity index (χ0) is 24.0. The number of pyridine rings is 1. The summed E-state index contributed by atoms with van der Waals surface area (Å²) in [6.07, 6.45) is -3.14. The number of nitrogens with one attached hydrogen (secondary N) is 2. The summed E-state index contributed by atoms with van der Waals surface area (Å²) < 4.78 is 40.1. The minimum Gasteiger partial charge on any atom is -0.352 e. The third kappa shape index (κ3) is 4.74. The number of aromatic amines is 1. The highest BCUT2D eigenvalue weighted by atomic mass is 19.4. The number of piperazine rings is 1. The van der Waals surface area contributed by atoms with Gasteiger partial charge in [-0.1, -0.05) is 26.8 Å². The van der Waals surface area contributed by atoms with Gasteiger partial charge in [0.15, 0.2) is 0 Å². The fraction of sp³-hybridized carbons (Fsp3) is 0.435. The fourth-order valence-corrected chi connectivity index (χ4v) is 4.03. The molecule has 4 rings (SSSR count). The Bertz CT molecular complexity index is 1170. The van der Waals surface area contributed by atoms with E-state index in [-0.39, 0.29) is 42.9 Å². The molecule has 1 saturated heterocycles. The van der Waals surface area contributed by atoms with E-state index in [0.29, 0.717) is 5.95 Å². The molecule has 1 atom stereocenters. The van der Waals surface area contributed by atoms with Crippen LogP contribution in [0, 0.1) is 0 Å². The maximum absolute atomic E-state index is 13.4. The Kier molecular flexibility index (Phi) is 5.71. The lowest BCUT2D eigenvalue weighted by molar-refractivity contribution is -0.137. The Hall–Kier alpha value is -3.30. The monoisotopic (exact) mass is 460 g/mol. The molecule has 0 radical (unpaired) electrons. The van der Waals surface area contributed by atoms with Crippen LogP contribution in [0.3, 0.4) is 0 Å². The van der Waals surface area contributed by atoms with Crippen LogP contribution in [0.25, 0.3) is 11.0 Å². The summed E-state index contributed by atoms with van der Waals surface area (Å²) in [6.45, 7) is 8.91. The number of hydrogen-bond acceptors (Lipinski definition) is 4. The van der Waals surface area contributed by atoms with Crippen molar-refractivity contribution in [2.45, 2.75) is 45.3 Å². The number of urea groups is 1. The first-order chi connectivity index (χ1) is 15.4. The minimum atomic E-state index is -4.49. The molecule has 2 amide bonds. The van der Waals surface area contributed by atoms with Crippen LogP contribution in [-0.4, -0.2) is 51.6 Å². The van der Waals surface area contributed by atoms with Crippen LogP contribution in [0.1, 0.15) is 38.8 Å². The number of alkyl halides is 3. The van der Waals surface area contributed by atoms with Gasteiger partial charge in [0, 0.05) is 31.9 Å². The number of amides is 2. The minimum absolute atomic E-state index is 0.0165. The second-order valence-electron chi connectivity index (χ2n) is 9.36. The molecule has 1 unspecified atom stereocenters. The van der Waals surface area contributed by atoms with Crippen molar-refractivity contribution in [2.75, 3.05) is 29.9 Å². The van der Waals surface area contributed by atoms with E-state index in [1.54, 1.807) is 16.7 Å². The molecule has 1 fully saturated rings. The van der Waals surface area contributed by atoms with Crippen LogP contribution >= 0.6 is 0 Å². The Morgan fingerprint density at radius 3 is 2.61 bits per heavy atom. The third-order valence-electron chi connectivity index (χ3n) is 5.85. The molecular weight excluding hydrogens is 433 g/mol. The predicted molar refractivity (Wildman–Crippen MR) is 121 cm³/mol. The normalized spacial score (nSPS) is 17.5. The Morgan fingerprint density at radius 1 is 1.18 bits per heavy atom. The third-order valence-corrected chi connectivity index (χ3v) is 5.85. The number of benzene rings is 1. The lowest BCUT2D eigenvalue weighted by Gasteiger charge is -2.40. The standard InChI is InChI=1S/C23H27F3N6O/c1-14-13-31(19-16(23(24,25)26)6-5-9-27-19)10-11-32(14)21(33)30-20-28-17-8-7-15(22(2,3)4)12-18(17)29-20/h5-9,12,14H,10-11,13H2,1-4H3,(H2,28,29,30,33). The number of halogens is 3. The number of fused-ring (bicyclic) bond motifs is 1. The van der Waals surface area contributed by atoms with E-state index in [2.05, 4.69) is 41.0 Å². The second-order valence-corrected chi connectivity index (χ2v) is 9.36. The van der Waals surface area contributed by atoms with Gasteiger partial charge in [-0.3, -0.25) is 5.32 Å². The number of carbonyl (C=O) groups excluding carboxylic acids is 1. The van der Waals surface area contributed by atoms with E-state index in [0.717, 1.165) is 22.7 Å². The topological polar surface area (TPSA) is 77.2 Å². The summed E-state index contributed by atoms with van der Waals surface area (Å²) in [4.78, 5) is 27.6. The average molecular weight is 461 g/mol. The van der Waals surface area contributed by atoms with Gasteiger partial charge < -0.3 is 14.8 Å². The van der Waals surface area contributed by atoms with Crippen molar-refractivity contribution in [3.8, 4) is 0 Å². The van der Waals surface area contributed by atoms with Gasteiger partial charge in [-0.25, -0.2) is 14.8 Å². The van der Waals surface area contributed by atoms with Crippen molar-refractivity contribution >= 4 is 28.8 Å².